The van der Waals surface area contributed by atoms with Crippen molar-refractivity contribution in [2.75, 3.05) is 5.75 Å². The molecule has 1 aromatic heterocycles. The number of carbonyl (C=O) groups is 1. The van der Waals surface area contributed by atoms with E-state index in [0.29, 0.717) is 16.7 Å². The van der Waals surface area contributed by atoms with Gasteiger partial charge in [0.1, 0.15) is 0 Å². The van der Waals surface area contributed by atoms with E-state index in [0.717, 1.165) is 11.1 Å². The van der Waals surface area contributed by atoms with Crippen molar-refractivity contribution in [3.05, 3.63) is 112 Å². The maximum atomic E-state index is 12.6. The summed E-state index contributed by atoms with van der Waals surface area (Å²) in [4.78, 5) is 32.0. The number of hydrogen-bond donors (Lipinski definition) is 1. The van der Waals surface area contributed by atoms with Crippen LogP contribution in [0.15, 0.2) is 89.7 Å². The Morgan fingerprint density at radius 1 is 0.935 bits per heavy atom. The summed E-state index contributed by atoms with van der Waals surface area (Å²) in [6.07, 6.45) is -0.655. The Kier molecular flexibility index (Phi) is 6.48. The predicted molar refractivity (Wildman–Crippen MR) is 124 cm³/mol. The second-order valence-electron chi connectivity index (χ2n) is 7.11. The smallest absolute Gasteiger partial charge is 0.316 e. The third-order valence-corrected chi connectivity index (χ3v) is 6.18. The van der Waals surface area contributed by atoms with Crippen LogP contribution in [-0.4, -0.2) is 21.7 Å². The summed E-state index contributed by atoms with van der Waals surface area (Å²) < 4.78 is 5.57. The van der Waals surface area contributed by atoms with Crippen molar-refractivity contribution in [3.63, 3.8) is 0 Å². The second kappa shape index (κ2) is 9.62. The highest BCUT2D eigenvalue weighted by molar-refractivity contribution is 8.00. The molecule has 1 N–H and O–H groups in total. The van der Waals surface area contributed by atoms with Crippen molar-refractivity contribution < 1.29 is 9.53 Å². The van der Waals surface area contributed by atoms with Gasteiger partial charge in [-0.15, -0.1) is 11.8 Å². The van der Waals surface area contributed by atoms with Gasteiger partial charge in [0.2, 0.25) is 0 Å². The Balaban J connectivity index is 1.46. The van der Waals surface area contributed by atoms with Gasteiger partial charge in [-0.05, 0) is 30.2 Å². The minimum absolute atomic E-state index is 0.0175. The number of rotatable bonds is 7. The topological polar surface area (TPSA) is 72.0 Å². The number of hydrogen-bond acceptors (Lipinski definition) is 5. The van der Waals surface area contributed by atoms with E-state index in [1.807, 2.05) is 42.5 Å². The highest BCUT2D eigenvalue weighted by Gasteiger charge is 2.19. The minimum atomic E-state index is -0.655. The van der Waals surface area contributed by atoms with Crippen LogP contribution in [0.4, 0.5) is 0 Å². The Labute approximate surface area is 184 Å². The summed E-state index contributed by atoms with van der Waals surface area (Å²) in [5.41, 5.74) is 2.58. The molecule has 0 radical (unpaired) electrons. The molecular weight excluding hydrogens is 408 g/mol. The molecule has 0 aliphatic carbocycles. The van der Waals surface area contributed by atoms with E-state index in [1.54, 1.807) is 25.1 Å². The number of aromatic amines is 1. The fourth-order valence-corrected chi connectivity index (χ4v) is 4.45. The molecule has 0 aliphatic heterocycles. The molecule has 31 heavy (non-hydrogen) atoms. The SMILES string of the molecule is C[C@@H](OC(=O)CSC(c1ccccc1)c1ccccc1)c1nc2ccccc2c(=O)[nH]1. The monoisotopic (exact) mass is 430 g/mol. The number of H-pyrrole nitrogens is 1. The van der Waals surface area contributed by atoms with E-state index >= 15 is 0 Å². The molecule has 4 aromatic rings. The van der Waals surface area contributed by atoms with Gasteiger partial charge < -0.3 is 9.72 Å². The highest BCUT2D eigenvalue weighted by Crippen LogP contribution is 2.35. The van der Waals surface area contributed by atoms with Gasteiger partial charge in [-0.25, -0.2) is 4.98 Å². The number of benzene rings is 3. The maximum Gasteiger partial charge on any atom is 0.316 e. The number of carbonyl (C=O) groups excluding carboxylic acids is 1. The lowest BCUT2D eigenvalue weighted by Gasteiger charge is -2.18. The zero-order chi connectivity index (χ0) is 21.6. The molecule has 0 aliphatic rings. The van der Waals surface area contributed by atoms with Gasteiger partial charge in [-0.2, -0.15) is 0 Å². The Morgan fingerprint density at radius 2 is 1.52 bits per heavy atom. The molecule has 0 spiro atoms. The molecule has 0 unspecified atom stereocenters. The van der Waals surface area contributed by atoms with Crippen LogP contribution < -0.4 is 5.56 Å². The Morgan fingerprint density at radius 3 is 2.16 bits per heavy atom. The lowest BCUT2D eigenvalue weighted by atomic mass is 10.0. The average molecular weight is 431 g/mol. The summed E-state index contributed by atoms with van der Waals surface area (Å²) in [7, 11) is 0. The number of nitrogens with one attached hydrogen (secondary N) is 1. The molecule has 0 bridgehead atoms. The van der Waals surface area contributed by atoms with Gasteiger partial charge in [0.15, 0.2) is 11.9 Å². The van der Waals surface area contributed by atoms with Gasteiger partial charge in [0, 0.05) is 0 Å². The van der Waals surface area contributed by atoms with Crippen molar-refractivity contribution in [3.8, 4) is 0 Å². The zero-order valence-electron chi connectivity index (χ0n) is 17.0. The first-order chi connectivity index (χ1) is 15.1. The van der Waals surface area contributed by atoms with E-state index < -0.39 is 6.10 Å². The van der Waals surface area contributed by atoms with E-state index in [4.69, 9.17) is 4.74 Å². The third kappa shape index (κ3) is 5.03. The van der Waals surface area contributed by atoms with Crippen molar-refractivity contribution in [2.24, 2.45) is 0 Å². The largest absolute Gasteiger partial charge is 0.454 e. The van der Waals surface area contributed by atoms with Crippen LogP contribution in [-0.2, 0) is 9.53 Å². The molecule has 1 heterocycles. The van der Waals surface area contributed by atoms with Crippen LogP contribution in [0.5, 0.6) is 0 Å². The summed E-state index contributed by atoms with van der Waals surface area (Å²) in [5.74, 6) is 0.159. The maximum absolute atomic E-state index is 12.6. The van der Waals surface area contributed by atoms with Gasteiger partial charge in [-0.3, -0.25) is 9.59 Å². The van der Waals surface area contributed by atoms with Crippen molar-refractivity contribution in [1.82, 2.24) is 9.97 Å². The highest BCUT2D eigenvalue weighted by atomic mass is 32.2. The van der Waals surface area contributed by atoms with Crippen LogP contribution in [0.2, 0.25) is 0 Å². The van der Waals surface area contributed by atoms with E-state index in [9.17, 15) is 9.59 Å². The summed E-state index contributed by atoms with van der Waals surface area (Å²) in [5, 5.41) is 0.526. The summed E-state index contributed by atoms with van der Waals surface area (Å²) >= 11 is 1.51. The molecule has 0 amide bonds. The van der Waals surface area contributed by atoms with Gasteiger partial charge in [0.25, 0.3) is 5.56 Å². The van der Waals surface area contributed by atoms with Crippen LogP contribution in [0, 0.1) is 0 Å². The van der Waals surface area contributed by atoms with Gasteiger partial charge in [-0.1, -0.05) is 72.8 Å². The first-order valence-electron chi connectivity index (χ1n) is 10.0. The number of para-hydroxylation sites is 1. The van der Waals surface area contributed by atoms with Crippen molar-refractivity contribution in [1.29, 1.82) is 0 Å². The van der Waals surface area contributed by atoms with E-state index in [-0.39, 0.29) is 22.5 Å². The van der Waals surface area contributed by atoms with Gasteiger partial charge >= 0.3 is 5.97 Å². The predicted octanol–water partition coefficient (Wildman–Crippen LogP) is 5.05. The quantitative estimate of drug-likeness (QED) is 0.416. The molecule has 0 fully saturated rings. The fraction of sp³-hybridized carbons (Fsp3) is 0.160. The average Bonchev–Trinajstić information content (AvgIpc) is 2.80. The summed E-state index contributed by atoms with van der Waals surface area (Å²) in [6.45, 7) is 1.71. The Bertz CT molecular complexity index is 1190. The van der Waals surface area contributed by atoms with Crippen molar-refractivity contribution >= 4 is 28.6 Å². The molecule has 1 atom stereocenters. The number of aromatic nitrogens is 2. The number of thioether (sulfide) groups is 1. The van der Waals surface area contributed by atoms with Crippen LogP contribution in [0.25, 0.3) is 10.9 Å². The fourth-order valence-electron chi connectivity index (χ4n) is 3.38. The van der Waals surface area contributed by atoms with E-state index in [2.05, 4.69) is 34.2 Å². The van der Waals surface area contributed by atoms with Crippen LogP contribution in [0.3, 0.4) is 0 Å². The summed E-state index contributed by atoms with van der Waals surface area (Å²) in [6, 6.07) is 27.2. The zero-order valence-corrected chi connectivity index (χ0v) is 17.8. The molecule has 4 rings (SSSR count). The number of esters is 1. The minimum Gasteiger partial charge on any atom is -0.454 e. The first kappa shape index (κ1) is 20.9. The number of nitrogens with zero attached hydrogens (tertiary/aromatic N) is 1. The van der Waals surface area contributed by atoms with Crippen molar-refractivity contribution in [2.45, 2.75) is 18.3 Å². The number of fused-ring (bicyclic) bond motifs is 1. The molecule has 0 saturated heterocycles. The standard InChI is InChI=1S/C25H22N2O3S/c1-17(24-26-21-15-9-8-14-20(21)25(29)27-24)30-22(28)16-31-23(18-10-4-2-5-11-18)19-12-6-3-7-13-19/h2-15,17,23H,16H2,1H3,(H,26,27,29)/t17-/m1/s1. The molecular formula is C25H22N2O3S. The number of ether oxygens (including phenoxy) is 1. The van der Waals surface area contributed by atoms with Crippen LogP contribution in [0.1, 0.15) is 35.2 Å². The lowest BCUT2D eigenvalue weighted by Crippen LogP contribution is -2.18. The first-order valence-corrected chi connectivity index (χ1v) is 11.1. The normalized spacial score (nSPS) is 12.1. The van der Waals surface area contributed by atoms with Crippen LogP contribution >= 0.6 is 11.8 Å². The third-order valence-electron chi connectivity index (χ3n) is 4.90. The molecule has 5 nitrogen and oxygen atoms in total. The molecule has 156 valence electrons. The molecule has 0 saturated carbocycles. The Hall–Kier alpha value is -3.38. The molecule has 6 heteroatoms. The molecule has 3 aromatic carbocycles. The van der Waals surface area contributed by atoms with E-state index in [1.165, 1.54) is 11.8 Å². The van der Waals surface area contributed by atoms with Gasteiger partial charge in [0.05, 0.1) is 21.9 Å². The lowest BCUT2D eigenvalue weighted by molar-refractivity contribution is -0.145. The second-order valence-corrected chi connectivity index (χ2v) is 8.21.